The number of nitrogens with two attached hydrogens (primary N) is 1. The number of halogens is 2. The van der Waals surface area contributed by atoms with Crippen molar-refractivity contribution >= 4 is 40.5 Å². The van der Waals surface area contributed by atoms with Crippen molar-refractivity contribution in [3.8, 4) is 0 Å². The van der Waals surface area contributed by atoms with E-state index < -0.39 is 0 Å². The number of anilines is 2. The van der Waals surface area contributed by atoms with E-state index in [9.17, 15) is 4.79 Å². The van der Waals surface area contributed by atoms with Crippen LogP contribution in [0, 0.1) is 0 Å². The zero-order valence-electron chi connectivity index (χ0n) is 9.15. The number of carbonyl (C=O) groups is 1. The molecule has 1 aromatic carbocycles. The van der Waals surface area contributed by atoms with Crippen LogP contribution < -0.4 is 11.1 Å². The molecule has 6 heteroatoms. The predicted molar refractivity (Wildman–Crippen MR) is 73.1 cm³/mol. The summed E-state index contributed by atoms with van der Waals surface area (Å²) in [6.07, 6.45) is 1.46. The molecule has 2 aromatic rings. The van der Waals surface area contributed by atoms with Gasteiger partial charge >= 0.3 is 0 Å². The number of hydrogen-bond donors (Lipinski definition) is 2. The number of rotatable bonds is 2. The van der Waals surface area contributed by atoms with E-state index in [2.05, 4.69) is 10.3 Å². The van der Waals surface area contributed by atoms with Crippen molar-refractivity contribution in [1.29, 1.82) is 0 Å². The Morgan fingerprint density at radius 3 is 2.67 bits per heavy atom. The van der Waals surface area contributed by atoms with Gasteiger partial charge in [-0.15, -0.1) is 0 Å². The van der Waals surface area contributed by atoms with Gasteiger partial charge in [-0.2, -0.15) is 0 Å². The zero-order chi connectivity index (χ0) is 13.1. The van der Waals surface area contributed by atoms with Crippen molar-refractivity contribution in [3.05, 3.63) is 52.3 Å². The number of benzene rings is 1. The van der Waals surface area contributed by atoms with Gasteiger partial charge in [-0.05, 0) is 24.3 Å². The standard InChI is InChI=1S/C12H9Cl2N3O/c13-9-3-1-2-8(11(9)15)12(18)17-7-4-5-10(14)16-6-7/h1-6H,15H2,(H,17,18). The Morgan fingerprint density at radius 1 is 1.22 bits per heavy atom. The van der Waals surface area contributed by atoms with E-state index in [1.54, 1.807) is 30.3 Å². The maximum Gasteiger partial charge on any atom is 0.257 e. The first-order chi connectivity index (χ1) is 8.58. The first-order valence-corrected chi connectivity index (χ1v) is 5.80. The minimum atomic E-state index is -0.348. The third-order valence-corrected chi connectivity index (χ3v) is 2.84. The molecule has 4 nitrogen and oxygen atoms in total. The van der Waals surface area contributed by atoms with E-state index >= 15 is 0 Å². The minimum Gasteiger partial charge on any atom is -0.397 e. The number of carbonyl (C=O) groups excluding carboxylic acids is 1. The summed E-state index contributed by atoms with van der Waals surface area (Å²) in [6.45, 7) is 0. The molecule has 1 aromatic heterocycles. The van der Waals surface area contributed by atoms with E-state index in [4.69, 9.17) is 28.9 Å². The Bertz CT molecular complexity index is 584. The molecule has 0 aliphatic heterocycles. The number of nitrogens with one attached hydrogen (secondary N) is 1. The molecule has 0 aliphatic rings. The van der Waals surface area contributed by atoms with Crippen LogP contribution in [0.5, 0.6) is 0 Å². The van der Waals surface area contributed by atoms with Gasteiger partial charge < -0.3 is 11.1 Å². The number of aromatic nitrogens is 1. The lowest BCUT2D eigenvalue weighted by atomic mass is 10.1. The smallest absolute Gasteiger partial charge is 0.257 e. The van der Waals surface area contributed by atoms with Crippen LogP contribution in [0.25, 0.3) is 0 Å². The normalized spacial score (nSPS) is 10.1. The maximum absolute atomic E-state index is 12.0. The highest BCUT2D eigenvalue weighted by molar-refractivity contribution is 6.34. The van der Waals surface area contributed by atoms with E-state index in [-0.39, 0.29) is 11.6 Å². The van der Waals surface area contributed by atoms with E-state index in [1.807, 2.05) is 0 Å². The largest absolute Gasteiger partial charge is 0.397 e. The summed E-state index contributed by atoms with van der Waals surface area (Å²) in [5.74, 6) is -0.348. The second-order valence-corrected chi connectivity index (χ2v) is 4.32. The molecule has 1 heterocycles. The van der Waals surface area contributed by atoms with Crippen LogP contribution in [-0.2, 0) is 0 Å². The van der Waals surface area contributed by atoms with E-state index in [1.165, 1.54) is 6.20 Å². The van der Waals surface area contributed by atoms with Crippen molar-refractivity contribution in [1.82, 2.24) is 4.98 Å². The second-order valence-electron chi connectivity index (χ2n) is 3.52. The summed E-state index contributed by atoms with van der Waals surface area (Å²) in [5, 5.41) is 3.36. The number of para-hydroxylation sites is 1. The van der Waals surface area contributed by atoms with E-state index in [0.29, 0.717) is 21.4 Å². The topological polar surface area (TPSA) is 68.0 Å². The quantitative estimate of drug-likeness (QED) is 0.656. The Kier molecular flexibility index (Phi) is 3.69. The summed E-state index contributed by atoms with van der Waals surface area (Å²) in [5.41, 5.74) is 6.83. The number of nitrogens with zero attached hydrogens (tertiary/aromatic N) is 1. The molecule has 0 saturated heterocycles. The summed E-state index contributed by atoms with van der Waals surface area (Å²) in [7, 11) is 0. The van der Waals surface area contributed by atoms with Crippen molar-refractivity contribution in [2.75, 3.05) is 11.1 Å². The average Bonchev–Trinajstić information content (AvgIpc) is 2.35. The van der Waals surface area contributed by atoms with Gasteiger partial charge in [-0.25, -0.2) is 4.98 Å². The van der Waals surface area contributed by atoms with Crippen molar-refractivity contribution in [2.24, 2.45) is 0 Å². The molecular formula is C12H9Cl2N3O. The SMILES string of the molecule is Nc1c(Cl)cccc1C(=O)Nc1ccc(Cl)nc1. The fourth-order valence-corrected chi connectivity index (χ4v) is 1.67. The second kappa shape index (κ2) is 5.25. The predicted octanol–water partition coefficient (Wildman–Crippen LogP) is 3.22. The molecule has 2 rings (SSSR count). The molecular weight excluding hydrogens is 273 g/mol. The van der Waals surface area contributed by atoms with Gasteiger partial charge in [0.05, 0.1) is 28.2 Å². The van der Waals surface area contributed by atoms with Gasteiger partial charge in [0.25, 0.3) is 5.91 Å². The Balaban J connectivity index is 2.22. The van der Waals surface area contributed by atoms with Crippen LogP contribution in [0.15, 0.2) is 36.5 Å². The molecule has 18 heavy (non-hydrogen) atoms. The molecule has 92 valence electrons. The molecule has 0 unspecified atom stereocenters. The summed E-state index contributed by atoms with van der Waals surface area (Å²) in [6, 6.07) is 8.11. The van der Waals surface area contributed by atoms with Gasteiger partial charge in [0, 0.05) is 0 Å². The summed E-state index contributed by atoms with van der Waals surface area (Å²) >= 11 is 11.5. The van der Waals surface area contributed by atoms with Crippen LogP contribution in [-0.4, -0.2) is 10.9 Å². The third-order valence-electron chi connectivity index (χ3n) is 2.28. The highest BCUT2D eigenvalue weighted by Crippen LogP contribution is 2.23. The molecule has 0 bridgehead atoms. The van der Waals surface area contributed by atoms with Crippen molar-refractivity contribution in [3.63, 3.8) is 0 Å². The van der Waals surface area contributed by atoms with Crippen LogP contribution in [0.1, 0.15) is 10.4 Å². The number of hydrogen-bond acceptors (Lipinski definition) is 3. The lowest BCUT2D eigenvalue weighted by molar-refractivity contribution is 0.102. The molecule has 0 radical (unpaired) electrons. The van der Waals surface area contributed by atoms with Crippen LogP contribution in [0.2, 0.25) is 10.2 Å². The van der Waals surface area contributed by atoms with Crippen molar-refractivity contribution < 1.29 is 4.79 Å². The Labute approximate surface area is 114 Å². The first-order valence-electron chi connectivity index (χ1n) is 5.05. The van der Waals surface area contributed by atoms with Gasteiger partial charge in [-0.3, -0.25) is 4.79 Å². The van der Waals surface area contributed by atoms with Crippen LogP contribution >= 0.6 is 23.2 Å². The molecule has 0 spiro atoms. The van der Waals surface area contributed by atoms with Gasteiger partial charge in [0.15, 0.2) is 0 Å². The zero-order valence-corrected chi connectivity index (χ0v) is 10.7. The Morgan fingerprint density at radius 2 is 2.00 bits per heavy atom. The van der Waals surface area contributed by atoms with Gasteiger partial charge in [0.2, 0.25) is 0 Å². The molecule has 0 saturated carbocycles. The highest BCUT2D eigenvalue weighted by Gasteiger charge is 2.11. The lowest BCUT2D eigenvalue weighted by Gasteiger charge is -2.08. The molecule has 1 amide bonds. The highest BCUT2D eigenvalue weighted by atomic mass is 35.5. The first kappa shape index (κ1) is 12.7. The van der Waals surface area contributed by atoms with Crippen LogP contribution in [0.3, 0.4) is 0 Å². The monoisotopic (exact) mass is 281 g/mol. The minimum absolute atomic E-state index is 0.249. The number of pyridine rings is 1. The average molecular weight is 282 g/mol. The Hall–Kier alpha value is -1.78. The van der Waals surface area contributed by atoms with Gasteiger partial charge in [0.1, 0.15) is 5.15 Å². The van der Waals surface area contributed by atoms with Crippen molar-refractivity contribution in [2.45, 2.75) is 0 Å². The number of amides is 1. The fraction of sp³-hybridized carbons (Fsp3) is 0. The molecule has 3 N–H and O–H groups in total. The van der Waals surface area contributed by atoms with Crippen LogP contribution in [0.4, 0.5) is 11.4 Å². The summed E-state index contributed by atoms with van der Waals surface area (Å²) < 4.78 is 0. The maximum atomic E-state index is 12.0. The summed E-state index contributed by atoms with van der Waals surface area (Å²) in [4.78, 5) is 15.8. The molecule has 0 aliphatic carbocycles. The lowest BCUT2D eigenvalue weighted by Crippen LogP contribution is -2.14. The number of nitrogen functional groups attached to an aromatic ring is 1. The fourth-order valence-electron chi connectivity index (χ4n) is 1.38. The molecule has 0 atom stereocenters. The van der Waals surface area contributed by atoms with Gasteiger partial charge in [-0.1, -0.05) is 29.3 Å². The van der Waals surface area contributed by atoms with E-state index in [0.717, 1.165) is 0 Å². The third kappa shape index (κ3) is 2.72. The molecule has 0 fully saturated rings.